The van der Waals surface area contributed by atoms with Crippen molar-refractivity contribution >= 4 is 17.7 Å². The summed E-state index contributed by atoms with van der Waals surface area (Å²) in [6.07, 6.45) is 1.52. The number of hydrogen-bond acceptors (Lipinski definition) is 5. The minimum atomic E-state index is -0.888. The molecule has 7 heteroatoms. The number of aryl methyl sites for hydroxylation is 2. The maximum Gasteiger partial charge on any atom is 0.313 e. The van der Waals surface area contributed by atoms with Crippen molar-refractivity contribution in [3.05, 3.63) is 66.0 Å². The zero-order chi connectivity index (χ0) is 18.4. The topological polar surface area (TPSA) is 77.2 Å². The first-order chi connectivity index (χ1) is 12.7. The van der Waals surface area contributed by atoms with E-state index in [0.717, 1.165) is 35.4 Å². The fraction of sp³-hybridized carbons (Fsp3) is 0.211. The Bertz CT molecular complexity index is 881. The fourth-order valence-electron chi connectivity index (χ4n) is 2.59. The summed E-state index contributed by atoms with van der Waals surface area (Å²) in [4.78, 5) is 10.9. The molecule has 0 saturated heterocycles. The van der Waals surface area contributed by atoms with Gasteiger partial charge in [-0.3, -0.25) is 9.36 Å². The lowest BCUT2D eigenvalue weighted by Gasteiger charge is -2.11. The van der Waals surface area contributed by atoms with Gasteiger partial charge < -0.3 is 9.84 Å². The second-order valence-corrected chi connectivity index (χ2v) is 6.55. The quantitative estimate of drug-likeness (QED) is 0.614. The van der Waals surface area contributed by atoms with Gasteiger partial charge in [-0.05, 0) is 24.1 Å². The second kappa shape index (κ2) is 8.53. The Hall–Kier alpha value is -2.80. The first-order valence-electron chi connectivity index (χ1n) is 8.14. The van der Waals surface area contributed by atoms with E-state index < -0.39 is 5.97 Å². The third-order valence-corrected chi connectivity index (χ3v) is 4.73. The summed E-state index contributed by atoms with van der Waals surface area (Å²) < 4.78 is 7.21. The molecule has 0 unspecified atom stereocenters. The molecule has 0 aliphatic heterocycles. The minimum Gasteiger partial charge on any atom is -0.497 e. The Morgan fingerprint density at radius 3 is 2.65 bits per heavy atom. The van der Waals surface area contributed by atoms with E-state index in [1.54, 1.807) is 7.11 Å². The summed E-state index contributed by atoms with van der Waals surface area (Å²) in [7, 11) is 1.61. The number of ether oxygens (including phenoxy) is 1. The molecule has 3 aromatic rings. The van der Waals surface area contributed by atoms with Crippen LogP contribution in [0.2, 0.25) is 0 Å². The standard InChI is InChI=1S/C19H19N3O3S/c1-25-16-9-5-8-15(12-16)22-17(11-10-14-6-3-2-4-7-14)20-21-19(22)26-13-18(23)24/h2-9,12H,10-11,13H2,1H3,(H,23,24). The zero-order valence-electron chi connectivity index (χ0n) is 14.3. The molecule has 0 bridgehead atoms. The molecular formula is C19H19N3O3S. The molecule has 0 fully saturated rings. The molecule has 0 atom stereocenters. The lowest BCUT2D eigenvalue weighted by Crippen LogP contribution is -2.06. The molecule has 1 aromatic heterocycles. The summed E-state index contributed by atoms with van der Waals surface area (Å²) in [6, 6.07) is 17.7. The number of hydrogen-bond donors (Lipinski definition) is 1. The number of thioether (sulfide) groups is 1. The monoisotopic (exact) mass is 369 g/mol. The first kappa shape index (κ1) is 18.0. The lowest BCUT2D eigenvalue weighted by molar-refractivity contribution is -0.133. The van der Waals surface area contributed by atoms with E-state index in [-0.39, 0.29) is 5.75 Å². The van der Waals surface area contributed by atoms with Gasteiger partial charge in [0.2, 0.25) is 0 Å². The molecule has 0 aliphatic rings. The number of nitrogens with zero attached hydrogens (tertiary/aromatic N) is 3. The third kappa shape index (κ3) is 4.43. The number of carboxylic acid groups (broad SMARTS) is 1. The van der Waals surface area contributed by atoms with Crippen LogP contribution in [0.25, 0.3) is 5.69 Å². The smallest absolute Gasteiger partial charge is 0.313 e. The van der Waals surface area contributed by atoms with Crippen molar-refractivity contribution in [2.45, 2.75) is 18.0 Å². The van der Waals surface area contributed by atoms with Crippen LogP contribution in [0.4, 0.5) is 0 Å². The van der Waals surface area contributed by atoms with Crippen molar-refractivity contribution in [3.63, 3.8) is 0 Å². The Morgan fingerprint density at radius 2 is 1.92 bits per heavy atom. The summed E-state index contributed by atoms with van der Waals surface area (Å²) in [5.41, 5.74) is 2.07. The highest BCUT2D eigenvalue weighted by molar-refractivity contribution is 7.99. The predicted molar refractivity (Wildman–Crippen MR) is 100 cm³/mol. The molecule has 0 amide bonds. The summed E-state index contributed by atoms with van der Waals surface area (Å²) >= 11 is 1.15. The van der Waals surface area contributed by atoms with Crippen LogP contribution in [0, 0.1) is 0 Å². The largest absolute Gasteiger partial charge is 0.497 e. The van der Waals surface area contributed by atoms with Gasteiger partial charge in [0.1, 0.15) is 11.6 Å². The molecule has 134 valence electrons. The van der Waals surface area contributed by atoms with E-state index in [1.807, 2.05) is 47.0 Å². The van der Waals surface area contributed by atoms with Crippen molar-refractivity contribution in [2.75, 3.05) is 12.9 Å². The van der Waals surface area contributed by atoms with Crippen molar-refractivity contribution in [2.24, 2.45) is 0 Å². The van der Waals surface area contributed by atoms with Gasteiger partial charge in [-0.15, -0.1) is 10.2 Å². The van der Waals surface area contributed by atoms with Crippen LogP contribution in [-0.4, -0.2) is 38.7 Å². The highest BCUT2D eigenvalue weighted by Crippen LogP contribution is 2.25. The van der Waals surface area contributed by atoms with E-state index in [9.17, 15) is 4.79 Å². The minimum absolute atomic E-state index is 0.0687. The number of benzene rings is 2. The lowest BCUT2D eigenvalue weighted by atomic mass is 10.1. The van der Waals surface area contributed by atoms with Crippen LogP contribution in [0.1, 0.15) is 11.4 Å². The fourth-order valence-corrected chi connectivity index (χ4v) is 3.28. The average molecular weight is 369 g/mol. The molecule has 2 aromatic carbocycles. The van der Waals surface area contributed by atoms with Crippen LogP contribution in [0.3, 0.4) is 0 Å². The number of carbonyl (C=O) groups is 1. The molecule has 0 saturated carbocycles. The van der Waals surface area contributed by atoms with Gasteiger partial charge in [-0.1, -0.05) is 48.2 Å². The Morgan fingerprint density at radius 1 is 1.12 bits per heavy atom. The van der Waals surface area contributed by atoms with Crippen LogP contribution >= 0.6 is 11.8 Å². The molecule has 0 spiro atoms. The van der Waals surface area contributed by atoms with Gasteiger partial charge in [0.15, 0.2) is 5.16 Å². The van der Waals surface area contributed by atoms with E-state index in [0.29, 0.717) is 11.6 Å². The van der Waals surface area contributed by atoms with Gasteiger partial charge in [0, 0.05) is 12.5 Å². The third-order valence-electron chi connectivity index (χ3n) is 3.82. The van der Waals surface area contributed by atoms with Gasteiger partial charge in [-0.2, -0.15) is 0 Å². The summed E-state index contributed by atoms with van der Waals surface area (Å²) in [6.45, 7) is 0. The van der Waals surface area contributed by atoms with Crippen LogP contribution < -0.4 is 4.74 Å². The molecule has 1 heterocycles. The zero-order valence-corrected chi connectivity index (χ0v) is 15.1. The molecule has 0 radical (unpaired) electrons. The molecule has 26 heavy (non-hydrogen) atoms. The van der Waals surface area contributed by atoms with E-state index >= 15 is 0 Å². The van der Waals surface area contributed by atoms with Crippen molar-refractivity contribution in [3.8, 4) is 11.4 Å². The van der Waals surface area contributed by atoms with Gasteiger partial charge in [0.05, 0.1) is 18.6 Å². The number of rotatable bonds is 8. The van der Waals surface area contributed by atoms with Crippen molar-refractivity contribution in [1.29, 1.82) is 0 Å². The van der Waals surface area contributed by atoms with E-state index in [4.69, 9.17) is 9.84 Å². The van der Waals surface area contributed by atoms with Gasteiger partial charge >= 0.3 is 5.97 Å². The Kier molecular flexibility index (Phi) is 5.91. The predicted octanol–water partition coefficient (Wildman–Crippen LogP) is 3.24. The van der Waals surface area contributed by atoms with Gasteiger partial charge in [-0.25, -0.2) is 0 Å². The first-order valence-corrected chi connectivity index (χ1v) is 9.13. The molecule has 6 nitrogen and oxygen atoms in total. The number of carboxylic acids is 1. The van der Waals surface area contributed by atoms with Crippen LogP contribution in [-0.2, 0) is 17.6 Å². The van der Waals surface area contributed by atoms with Crippen LogP contribution in [0.5, 0.6) is 5.75 Å². The van der Waals surface area contributed by atoms with Crippen molar-refractivity contribution < 1.29 is 14.6 Å². The number of methoxy groups -OCH3 is 1. The Labute approximate surface area is 155 Å². The van der Waals surface area contributed by atoms with Crippen LogP contribution in [0.15, 0.2) is 59.8 Å². The summed E-state index contributed by atoms with van der Waals surface area (Å²) in [5, 5.41) is 18.0. The SMILES string of the molecule is COc1cccc(-n2c(CCc3ccccc3)nnc2SCC(=O)O)c1. The van der Waals surface area contributed by atoms with E-state index in [1.165, 1.54) is 5.56 Å². The second-order valence-electron chi connectivity index (χ2n) is 5.60. The Balaban J connectivity index is 1.91. The highest BCUT2D eigenvalue weighted by atomic mass is 32.2. The number of aliphatic carboxylic acids is 1. The van der Waals surface area contributed by atoms with Crippen molar-refractivity contribution in [1.82, 2.24) is 14.8 Å². The van der Waals surface area contributed by atoms with E-state index in [2.05, 4.69) is 22.3 Å². The molecule has 0 aliphatic carbocycles. The highest BCUT2D eigenvalue weighted by Gasteiger charge is 2.16. The molecular weight excluding hydrogens is 350 g/mol. The maximum absolute atomic E-state index is 10.9. The maximum atomic E-state index is 10.9. The summed E-state index contributed by atoms with van der Waals surface area (Å²) in [5.74, 6) is 0.552. The van der Waals surface area contributed by atoms with Gasteiger partial charge in [0.25, 0.3) is 0 Å². The average Bonchev–Trinajstić information content (AvgIpc) is 3.08. The normalized spacial score (nSPS) is 10.7. The number of aromatic nitrogens is 3. The molecule has 3 rings (SSSR count). The molecule has 1 N–H and O–H groups in total.